The lowest BCUT2D eigenvalue weighted by Gasteiger charge is -2.20. The molecule has 154 valence electrons. The Morgan fingerprint density at radius 2 is 1.93 bits per heavy atom. The Bertz CT molecular complexity index is 832. The van der Waals surface area contributed by atoms with Crippen LogP contribution >= 0.6 is 0 Å². The number of ether oxygens (including phenoxy) is 2. The summed E-state index contributed by atoms with van der Waals surface area (Å²) in [6, 6.07) is 16.4. The normalized spacial score (nSPS) is 19.7. The second kappa shape index (κ2) is 8.76. The molecule has 5 nitrogen and oxygen atoms in total. The monoisotopic (exact) mass is 394 g/mol. The third kappa shape index (κ3) is 5.43. The highest BCUT2D eigenvalue weighted by atomic mass is 16.5. The molecule has 1 saturated carbocycles. The summed E-state index contributed by atoms with van der Waals surface area (Å²) in [5, 5.41) is 2.90. The molecule has 2 fully saturated rings. The van der Waals surface area contributed by atoms with Crippen LogP contribution in [0.2, 0.25) is 0 Å². The van der Waals surface area contributed by atoms with Gasteiger partial charge in [0, 0.05) is 31.6 Å². The lowest BCUT2D eigenvalue weighted by molar-refractivity contribution is -0.119. The molecule has 2 aromatic carbocycles. The van der Waals surface area contributed by atoms with Gasteiger partial charge in [0.2, 0.25) is 5.91 Å². The van der Waals surface area contributed by atoms with Gasteiger partial charge >= 0.3 is 0 Å². The number of hydrogen-bond acceptors (Lipinski definition) is 4. The molecule has 1 N–H and O–H groups in total. The first kappa shape index (κ1) is 19.6. The number of amides is 1. The van der Waals surface area contributed by atoms with E-state index in [1.165, 1.54) is 25.5 Å². The van der Waals surface area contributed by atoms with Gasteiger partial charge in [0.1, 0.15) is 17.6 Å². The van der Waals surface area contributed by atoms with Gasteiger partial charge in [-0.1, -0.05) is 18.2 Å². The number of benzene rings is 2. The number of nitrogens with one attached hydrogen (secondary N) is 1. The van der Waals surface area contributed by atoms with Gasteiger partial charge in [-0.3, -0.25) is 4.79 Å². The van der Waals surface area contributed by atoms with Gasteiger partial charge in [0.25, 0.3) is 0 Å². The van der Waals surface area contributed by atoms with Crippen LogP contribution in [0.15, 0.2) is 48.5 Å². The average Bonchev–Trinajstić information content (AvgIpc) is 3.43. The van der Waals surface area contributed by atoms with Crippen LogP contribution in [-0.4, -0.2) is 31.7 Å². The minimum Gasteiger partial charge on any atom is -0.493 e. The van der Waals surface area contributed by atoms with Crippen LogP contribution in [0.4, 0.5) is 5.69 Å². The minimum atomic E-state index is -0.0223. The van der Waals surface area contributed by atoms with Crippen LogP contribution in [0.3, 0.4) is 0 Å². The summed E-state index contributed by atoms with van der Waals surface area (Å²) in [4.78, 5) is 13.6. The van der Waals surface area contributed by atoms with Crippen molar-refractivity contribution in [1.29, 1.82) is 0 Å². The SMILES string of the molecule is CC(=O)N[C@@H](C)c1ccc(O[C@@H]2CCN(c3cccc(OCC4CC4)c3)C2)cc1. The van der Waals surface area contributed by atoms with Gasteiger partial charge in [-0.2, -0.15) is 0 Å². The number of nitrogens with zero attached hydrogens (tertiary/aromatic N) is 1. The van der Waals surface area contributed by atoms with E-state index in [2.05, 4.69) is 28.4 Å². The van der Waals surface area contributed by atoms with E-state index in [9.17, 15) is 4.79 Å². The van der Waals surface area contributed by atoms with E-state index >= 15 is 0 Å². The molecule has 1 heterocycles. The van der Waals surface area contributed by atoms with Crippen molar-refractivity contribution >= 4 is 11.6 Å². The average molecular weight is 395 g/mol. The number of carbonyl (C=O) groups excluding carboxylic acids is 1. The Labute approximate surface area is 173 Å². The Balaban J connectivity index is 1.30. The first-order valence-electron chi connectivity index (χ1n) is 10.6. The predicted molar refractivity (Wildman–Crippen MR) is 115 cm³/mol. The third-order valence-corrected chi connectivity index (χ3v) is 5.61. The van der Waals surface area contributed by atoms with Crippen LogP contribution in [0, 0.1) is 5.92 Å². The zero-order valence-corrected chi connectivity index (χ0v) is 17.3. The van der Waals surface area contributed by atoms with Gasteiger partial charge in [0.05, 0.1) is 19.2 Å². The van der Waals surface area contributed by atoms with Crippen molar-refractivity contribution in [3.05, 3.63) is 54.1 Å². The van der Waals surface area contributed by atoms with Gasteiger partial charge in [-0.15, -0.1) is 0 Å². The van der Waals surface area contributed by atoms with Crippen LogP contribution in [0.25, 0.3) is 0 Å². The Morgan fingerprint density at radius 1 is 1.14 bits per heavy atom. The van der Waals surface area contributed by atoms with Crippen LogP contribution < -0.4 is 19.7 Å². The molecule has 0 radical (unpaired) electrons. The molecule has 4 rings (SSSR count). The molecule has 2 aromatic rings. The summed E-state index contributed by atoms with van der Waals surface area (Å²) in [6.07, 6.45) is 3.78. The Kier molecular flexibility index (Phi) is 5.93. The highest BCUT2D eigenvalue weighted by molar-refractivity contribution is 5.73. The molecule has 2 aliphatic rings. The highest BCUT2D eigenvalue weighted by Gasteiger charge is 2.25. The van der Waals surface area contributed by atoms with E-state index in [4.69, 9.17) is 9.47 Å². The van der Waals surface area contributed by atoms with Gasteiger partial charge in [-0.25, -0.2) is 0 Å². The van der Waals surface area contributed by atoms with Crippen molar-refractivity contribution in [3.63, 3.8) is 0 Å². The Morgan fingerprint density at radius 3 is 2.66 bits per heavy atom. The molecule has 1 amide bonds. The smallest absolute Gasteiger partial charge is 0.217 e. The maximum atomic E-state index is 11.2. The summed E-state index contributed by atoms with van der Waals surface area (Å²) < 4.78 is 12.1. The summed E-state index contributed by atoms with van der Waals surface area (Å²) in [5.74, 6) is 2.57. The highest BCUT2D eigenvalue weighted by Crippen LogP contribution is 2.31. The lowest BCUT2D eigenvalue weighted by atomic mass is 10.1. The number of anilines is 1. The molecule has 0 bridgehead atoms. The lowest BCUT2D eigenvalue weighted by Crippen LogP contribution is -2.24. The standard InChI is InChI=1S/C24H30N2O3/c1-17(25-18(2)27)20-8-10-22(11-9-20)29-24-12-13-26(15-24)21-4-3-5-23(14-21)28-16-19-6-7-19/h3-5,8-11,14,17,19,24H,6-7,12-13,15-16H2,1-2H3,(H,25,27)/t17-,24+/m0/s1. The second-order valence-electron chi connectivity index (χ2n) is 8.22. The fourth-order valence-corrected chi connectivity index (χ4v) is 3.74. The van der Waals surface area contributed by atoms with Crippen molar-refractivity contribution in [2.24, 2.45) is 5.92 Å². The zero-order valence-electron chi connectivity index (χ0n) is 17.3. The molecular formula is C24H30N2O3. The number of carbonyl (C=O) groups is 1. The summed E-state index contributed by atoms with van der Waals surface area (Å²) in [7, 11) is 0. The van der Waals surface area contributed by atoms with Crippen LogP contribution in [0.1, 0.15) is 44.7 Å². The molecule has 1 aliphatic carbocycles. The van der Waals surface area contributed by atoms with Crippen LogP contribution in [0.5, 0.6) is 11.5 Å². The van der Waals surface area contributed by atoms with Crippen LogP contribution in [-0.2, 0) is 4.79 Å². The molecule has 0 unspecified atom stereocenters. The molecule has 0 spiro atoms. The first-order chi connectivity index (χ1) is 14.1. The van der Waals surface area contributed by atoms with E-state index < -0.39 is 0 Å². The van der Waals surface area contributed by atoms with E-state index in [0.29, 0.717) is 0 Å². The maximum Gasteiger partial charge on any atom is 0.217 e. The van der Waals surface area contributed by atoms with Crippen molar-refractivity contribution in [2.45, 2.75) is 45.3 Å². The first-order valence-corrected chi connectivity index (χ1v) is 10.6. The zero-order chi connectivity index (χ0) is 20.2. The molecule has 0 aromatic heterocycles. The molecule has 29 heavy (non-hydrogen) atoms. The minimum absolute atomic E-state index is 0.00191. The predicted octanol–water partition coefficient (Wildman–Crippen LogP) is 4.33. The molecule has 2 atom stereocenters. The largest absolute Gasteiger partial charge is 0.493 e. The molecule has 1 saturated heterocycles. The topological polar surface area (TPSA) is 50.8 Å². The van der Waals surface area contributed by atoms with Crippen molar-refractivity contribution in [1.82, 2.24) is 5.32 Å². The van der Waals surface area contributed by atoms with E-state index in [-0.39, 0.29) is 18.1 Å². The van der Waals surface area contributed by atoms with E-state index in [0.717, 1.165) is 49.1 Å². The fraction of sp³-hybridized carbons (Fsp3) is 0.458. The van der Waals surface area contributed by atoms with Crippen molar-refractivity contribution in [2.75, 3.05) is 24.6 Å². The number of hydrogen-bond donors (Lipinski definition) is 1. The third-order valence-electron chi connectivity index (χ3n) is 5.61. The second-order valence-corrected chi connectivity index (χ2v) is 8.22. The summed E-state index contributed by atoms with van der Waals surface area (Å²) in [6.45, 7) is 6.21. The maximum absolute atomic E-state index is 11.2. The van der Waals surface area contributed by atoms with E-state index in [1.807, 2.05) is 37.3 Å². The quantitative estimate of drug-likeness (QED) is 0.724. The number of rotatable bonds is 8. The molecular weight excluding hydrogens is 364 g/mol. The van der Waals surface area contributed by atoms with E-state index in [1.54, 1.807) is 0 Å². The van der Waals surface area contributed by atoms with Gasteiger partial charge in [-0.05, 0) is 55.5 Å². The van der Waals surface area contributed by atoms with Crippen molar-refractivity contribution < 1.29 is 14.3 Å². The molecule has 1 aliphatic heterocycles. The van der Waals surface area contributed by atoms with Gasteiger partial charge in [0.15, 0.2) is 0 Å². The summed E-state index contributed by atoms with van der Waals surface area (Å²) in [5.41, 5.74) is 2.27. The Hall–Kier alpha value is -2.69. The van der Waals surface area contributed by atoms with Gasteiger partial charge < -0.3 is 19.7 Å². The van der Waals surface area contributed by atoms with Crippen molar-refractivity contribution in [3.8, 4) is 11.5 Å². The molecule has 5 heteroatoms. The fourth-order valence-electron chi connectivity index (χ4n) is 3.74. The summed E-state index contributed by atoms with van der Waals surface area (Å²) >= 11 is 0.